The zero-order valence-corrected chi connectivity index (χ0v) is 13.7. The van der Waals surface area contributed by atoms with Gasteiger partial charge in [0.05, 0.1) is 6.20 Å². The molecule has 1 aliphatic rings. The summed E-state index contributed by atoms with van der Waals surface area (Å²) >= 11 is 0. The molecular weight excluding hydrogens is 300 g/mol. The summed E-state index contributed by atoms with van der Waals surface area (Å²) in [6.45, 7) is 2.88. The lowest BCUT2D eigenvalue weighted by Gasteiger charge is -2.23. The molecule has 24 heavy (non-hydrogen) atoms. The SMILES string of the molecule is Cc1nccc(N2CCC[C@@H]2c2ncc(Cc3ccccc3)o2)n1. The highest BCUT2D eigenvalue weighted by Crippen LogP contribution is 2.34. The largest absolute Gasteiger partial charge is 0.443 e. The highest BCUT2D eigenvalue weighted by molar-refractivity contribution is 5.41. The van der Waals surface area contributed by atoms with E-state index in [2.05, 4.69) is 32.0 Å². The normalized spacial score (nSPS) is 17.4. The Hall–Kier alpha value is -2.69. The molecule has 4 rings (SSSR count). The summed E-state index contributed by atoms with van der Waals surface area (Å²) in [5.74, 6) is 3.43. The first-order valence-electron chi connectivity index (χ1n) is 8.34. The Kier molecular flexibility index (Phi) is 3.99. The lowest BCUT2D eigenvalue weighted by Crippen LogP contribution is -2.24. The Balaban J connectivity index is 1.55. The van der Waals surface area contributed by atoms with E-state index in [0.29, 0.717) is 0 Å². The second kappa shape index (κ2) is 6.43. The highest BCUT2D eigenvalue weighted by atomic mass is 16.4. The molecule has 122 valence electrons. The molecule has 0 saturated carbocycles. The van der Waals surface area contributed by atoms with Crippen molar-refractivity contribution in [2.45, 2.75) is 32.2 Å². The third kappa shape index (κ3) is 3.02. The molecule has 3 aromatic rings. The van der Waals surface area contributed by atoms with Crippen molar-refractivity contribution in [3.63, 3.8) is 0 Å². The van der Waals surface area contributed by atoms with Crippen LogP contribution in [0.5, 0.6) is 0 Å². The minimum atomic E-state index is 0.156. The van der Waals surface area contributed by atoms with Crippen LogP contribution in [0.1, 0.15) is 41.9 Å². The third-order valence-corrected chi connectivity index (χ3v) is 4.39. The van der Waals surface area contributed by atoms with Crippen LogP contribution in [0.2, 0.25) is 0 Å². The van der Waals surface area contributed by atoms with Crippen molar-refractivity contribution in [3.8, 4) is 0 Å². The van der Waals surface area contributed by atoms with E-state index in [9.17, 15) is 0 Å². The zero-order chi connectivity index (χ0) is 16.4. The fourth-order valence-corrected chi connectivity index (χ4v) is 3.26. The topological polar surface area (TPSA) is 55.1 Å². The molecule has 0 amide bonds. The van der Waals surface area contributed by atoms with Gasteiger partial charge >= 0.3 is 0 Å². The maximum absolute atomic E-state index is 6.06. The molecule has 0 aliphatic carbocycles. The van der Waals surface area contributed by atoms with Gasteiger partial charge in [0.2, 0.25) is 5.89 Å². The average Bonchev–Trinajstić information content (AvgIpc) is 3.24. The van der Waals surface area contributed by atoms with Gasteiger partial charge in [-0.25, -0.2) is 15.0 Å². The number of hydrogen-bond acceptors (Lipinski definition) is 5. The van der Waals surface area contributed by atoms with E-state index < -0.39 is 0 Å². The summed E-state index contributed by atoms with van der Waals surface area (Å²) in [4.78, 5) is 15.5. The van der Waals surface area contributed by atoms with Gasteiger partial charge in [-0.15, -0.1) is 0 Å². The van der Waals surface area contributed by atoms with Gasteiger partial charge in [0.25, 0.3) is 0 Å². The molecule has 1 saturated heterocycles. The average molecular weight is 320 g/mol. The molecule has 0 unspecified atom stereocenters. The van der Waals surface area contributed by atoms with E-state index in [1.807, 2.05) is 43.6 Å². The molecule has 1 fully saturated rings. The third-order valence-electron chi connectivity index (χ3n) is 4.39. The molecule has 0 N–H and O–H groups in total. The van der Waals surface area contributed by atoms with E-state index in [1.165, 1.54) is 5.56 Å². The summed E-state index contributed by atoms with van der Waals surface area (Å²) in [5.41, 5.74) is 1.23. The summed E-state index contributed by atoms with van der Waals surface area (Å²) in [5, 5.41) is 0. The van der Waals surface area contributed by atoms with Crippen LogP contribution in [0.15, 0.2) is 53.2 Å². The van der Waals surface area contributed by atoms with E-state index in [0.717, 1.165) is 49.1 Å². The van der Waals surface area contributed by atoms with Gasteiger partial charge < -0.3 is 9.32 Å². The molecule has 5 nitrogen and oxygen atoms in total. The minimum Gasteiger partial charge on any atom is -0.443 e. The van der Waals surface area contributed by atoms with Gasteiger partial charge in [-0.2, -0.15) is 0 Å². The number of rotatable bonds is 4. The van der Waals surface area contributed by atoms with Crippen LogP contribution in [0.25, 0.3) is 0 Å². The van der Waals surface area contributed by atoms with Crippen molar-refractivity contribution in [1.29, 1.82) is 0 Å². The van der Waals surface area contributed by atoms with Crippen molar-refractivity contribution in [2.75, 3.05) is 11.4 Å². The predicted octanol–water partition coefficient (Wildman–Crippen LogP) is 3.71. The molecule has 1 aliphatic heterocycles. The summed E-state index contributed by atoms with van der Waals surface area (Å²) in [6.07, 6.45) is 6.58. The van der Waals surface area contributed by atoms with Crippen LogP contribution in [-0.4, -0.2) is 21.5 Å². The van der Waals surface area contributed by atoms with Crippen molar-refractivity contribution in [3.05, 3.63) is 71.8 Å². The van der Waals surface area contributed by atoms with E-state index in [1.54, 1.807) is 0 Å². The number of oxazole rings is 1. The van der Waals surface area contributed by atoms with Gasteiger partial charge in [0.1, 0.15) is 23.4 Å². The summed E-state index contributed by atoms with van der Waals surface area (Å²) in [7, 11) is 0. The molecule has 0 bridgehead atoms. The Morgan fingerprint density at radius 1 is 1.17 bits per heavy atom. The Morgan fingerprint density at radius 3 is 2.88 bits per heavy atom. The first-order chi connectivity index (χ1) is 11.8. The predicted molar refractivity (Wildman–Crippen MR) is 91.8 cm³/mol. The molecule has 1 atom stereocenters. The van der Waals surface area contributed by atoms with Crippen LogP contribution in [-0.2, 0) is 6.42 Å². The monoisotopic (exact) mass is 320 g/mol. The minimum absolute atomic E-state index is 0.156. The number of benzene rings is 1. The fourth-order valence-electron chi connectivity index (χ4n) is 3.26. The van der Waals surface area contributed by atoms with Gasteiger partial charge in [-0.3, -0.25) is 0 Å². The van der Waals surface area contributed by atoms with E-state index in [-0.39, 0.29) is 6.04 Å². The number of aryl methyl sites for hydroxylation is 1. The highest BCUT2D eigenvalue weighted by Gasteiger charge is 2.31. The number of aromatic nitrogens is 3. The summed E-state index contributed by atoms with van der Waals surface area (Å²) in [6, 6.07) is 12.4. The maximum Gasteiger partial charge on any atom is 0.217 e. The molecule has 3 heterocycles. The second-order valence-corrected chi connectivity index (χ2v) is 6.14. The molecule has 0 radical (unpaired) electrons. The van der Waals surface area contributed by atoms with Crippen LogP contribution >= 0.6 is 0 Å². The quantitative estimate of drug-likeness (QED) is 0.733. The first-order valence-corrected chi connectivity index (χ1v) is 8.34. The van der Waals surface area contributed by atoms with Crippen LogP contribution in [0.4, 0.5) is 5.82 Å². The van der Waals surface area contributed by atoms with Crippen molar-refractivity contribution in [2.24, 2.45) is 0 Å². The van der Waals surface area contributed by atoms with E-state index in [4.69, 9.17) is 4.42 Å². The fraction of sp³-hybridized carbons (Fsp3) is 0.316. The van der Waals surface area contributed by atoms with Crippen molar-refractivity contribution in [1.82, 2.24) is 15.0 Å². The smallest absolute Gasteiger partial charge is 0.217 e. The number of nitrogens with zero attached hydrogens (tertiary/aromatic N) is 4. The number of anilines is 1. The van der Waals surface area contributed by atoms with Gasteiger partial charge in [-0.05, 0) is 31.4 Å². The van der Waals surface area contributed by atoms with Crippen LogP contribution in [0.3, 0.4) is 0 Å². The zero-order valence-electron chi connectivity index (χ0n) is 13.7. The van der Waals surface area contributed by atoms with Crippen LogP contribution in [0, 0.1) is 6.92 Å². The number of hydrogen-bond donors (Lipinski definition) is 0. The molecular formula is C19H20N4O. The van der Waals surface area contributed by atoms with Gasteiger partial charge in [-0.1, -0.05) is 30.3 Å². The lowest BCUT2D eigenvalue weighted by atomic mass is 10.1. The van der Waals surface area contributed by atoms with Crippen molar-refractivity contribution >= 4 is 5.82 Å². The molecule has 2 aromatic heterocycles. The van der Waals surface area contributed by atoms with E-state index >= 15 is 0 Å². The first kappa shape index (κ1) is 14.9. The standard InChI is InChI=1S/C19H20N4O/c1-14-20-10-9-18(22-14)23-11-5-8-17(23)19-21-13-16(24-19)12-15-6-3-2-4-7-15/h2-4,6-7,9-10,13,17H,5,8,11-12H2,1H3/t17-/m1/s1. The lowest BCUT2D eigenvalue weighted by molar-refractivity contribution is 0.424. The van der Waals surface area contributed by atoms with Crippen molar-refractivity contribution < 1.29 is 4.42 Å². The Bertz CT molecular complexity index is 815. The second-order valence-electron chi connectivity index (χ2n) is 6.14. The Labute approximate surface area is 141 Å². The molecule has 5 heteroatoms. The maximum atomic E-state index is 6.06. The molecule has 0 spiro atoms. The Morgan fingerprint density at radius 2 is 2.04 bits per heavy atom. The van der Waals surface area contributed by atoms with Crippen LogP contribution < -0.4 is 4.90 Å². The van der Waals surface area contributed by atoms with Gasteiger partial charge in [0.15, 0.2) is 0 Å². The summed E-state index contributed by atoms with van der Waals surface area (Å²) < 4.78 is 6.06. The van der Waals surface area contributed by atoms with Gasteiger partial charge in [0, 0.05) is 19.2 Å². The molecule has 1 aromatic carbocycles.